The summed E-state index contributed by atoms with van der Waals surface area (Å²) < 4.78 is 0. The molecule has 2 heteroatoms. The fourth-order valence-corrected chi connectivity index (χ4v) is 0.778. The standard InChI is InChI=1S/C9H20N2/c1-6-11(10-5)7-9(4)8(2)3/h6,8-10H,1,7H2,2-5H3. The third-order valence-corrected chi connectivity index (χ3v) is 2.13. The molecular weight excluding hydrogens is 136 g/mol. The van der Waals surface area contributed by atoms with Crippen LogP contribution in [0.5, 0.6) is 0 Å². The summed E-state index contributed by atoms with van der Waals surface area (Å²) in [6, 6.07) is 0. The molecule has 0 aliphatic heterocycles. The molecule has 0 aromatic carbocycles. The fourth-order valence-electron chi connectivity index (χ4n) is 0.778. The molecule has 0 spiro atoms. The predicted molar refractivity (Wildman–Crippen MR) is 50.0 cm³/mol. The van der Waals surface area contributed by atoms with Crippen LogP contribution in [0.2, 0.25) is 0 Å². The first kappa shape index (κ1) is 10.5. The van der Waals surface area contributed by atoms with Gasteiger partial charge in [-0.1, -0.05) is 27.4 Å². The smallest absolute Gasteiger partial charge is 0.0365 e. The minimum atomic E-state index is 0.695. The predicted octanol–water partition coefficient (Wildman–Crippen LogP) is 1.86. The van der Waals surface area contributed by atoms with E-state index in [0.717, 1.165) is 12.5 Å². The Kier molecular flexibility index (Phi) is 4.95. The highest BCUT2D eigenvalue weighted by atomic mass is 15.5. The minimum Gasteiger partial charge on any atom is -0.316 e. The molecule has 66 valence electrons. The lowest BCUT2D eigenvalue weighted by Crippen LogP contribution is -2.34. The van der Waals surface area contributed by atoms with E-state index in [4.69, 9.17) is 0 Å². The Morgan fingerprint density at radius 3 is 2.27 bits per heavy atom. The van der Waals surface area contributed by atoms with Gasteiger partial charge in [-0.15, -0.1) is 0 Å². The van der Waals surface area contributed by atoms with Crippen molar-refractivity contribution in [2.45, 2.75) is 20.8 Å². The second-order valence-electron chi connectivity index (χ2n) is 3.28. The Bertz CT molecular complexity index is 110. The lowest BCUT2D eigenvalue weighted by Gasteiger charge is -2.24. The number of rotatable bonds is 5. The van der Waals surface area contributed by atoms with Crippen LogP contribution >= 0.6 is 0 Å². The molecule has 0 rings (SSSR count). The zero-order valence-corrected chi connectivity index (χ0v) is 8.09. The van der Waals surface area contributed by atoms with E-state index in [2.05, 4.69) is 32.8 Å². The number of nitrogens with zero attached hydrogens (tertiary/aromatic N) is 1. The molecule has 0 bridgehead atoms. The monoisotopic (exact) mass is 156 g/mol. The Balaban J connectivity index is 3.71. The van der Waals surface area contributed by atoms with Crippen LogP contribution in [0.1, 0.15) is 20.8 Å². The van der Waals surface area contributed by atoms with E-state index in [1.165, 1.54) is 0 Å². The lowest BCUT2D eigenvalue weighted by molar-refractivity contribution is 0.227. The molecule has 0 aromatic heterocycles. The molecule has 0 saturated carbocycles. The van der Waals surface area contributed by atoms with Gasteiger partial charge in [0.1, 0.15) is 0 Å². The second kappa shape index (κ2) is 5.19. The summed E-state index contributed by atoms with van der Waals surface area (Å²) >= 11 is 0. The zero-order valence-electron chi connectivity index (χ0n) is 8.09. The van der Waals surface area contributed by atoms with Crippen molar-refractivity contribution in [2.75, 3.05) is 13.6 Å². The summed E-state index contributed by atoms with van der Waals surface area (Å²) in [4.78, 5) is 0. The Morgan fingerprint density at radius 1 is 1.45 bits per heavy atom. The summed E-state index contributed by atoms with van der Waals surface area (Å²) in [7, 11) is 1.91. The molecule has 1 N–H and O–H groups in total. The fraction of sp³-hybridized carbons (Fsp3) is 0.778. The molecule has 0 amide bonds. The molecule has 0 aliphatic rings. The lowest BCUT2D eigenvalue weighted by atomic mass is 9.98. The van der Waals surface area contributed by atoms with Crippen LogP contribution in [0.3, 0.4) is 0 Å². The van der Waals surface area contributed by atoms with Gasteiger partial charge in [-0.05, 0) is 11.8 Å². The number of hydrazine groups is 1. The number of hydrogen-bond acceptors (Lipinski definition) is 2. The molecule has 0 heterocycles. The number of hydrogen-bond donors (Lipinski definition) is 1. The van der Waals surface area contributed by atoms with E-state index in [0.29, 0.717) is 5.92 Å². The zero-order chi connectivity index (χ0) is 8.85. The van der Waals surface area contributed by atoms with Gasteiger partial charge in [0.05, 0.1) is 0 Å². The van der Waals surface area contributed by atoms with Gasteiger partial charge in [0.2, 0.25) is 0 Å². The molecule has 0 fully saturated rings. The summed E-state index contributed by atoms with van der Waals surface area (Å²) in [6.07, 6.45) is 1.82. The van der Waals surface area contributed by atoms with Gasteiger partial charge >= 0.3 is 0 Å². The molecule has 0 saturated heterocycles. The summed E-state index contributed by atoms with van der Waals surface area (Å²) in [5.74, 6) is 1.42. The van der Waals surface area contributed by atoms with Crippen molar-refractivity contribution < 1.29 is 0 Å². The Labute approximate surface area is 70.2 Å². The van der Waals surface area contributed by atoms with Gasteiger partial charge in [0, 0.05) is 19.8 Å². The van der Waals surface area contributed by atoms with E-state index in [9.17, 15) is 0 Å². The summed E-state index contributed by atoms with van der Waals surface area (Å²) in [5.41, 5.74) is 3.05. The quantitative estimate of drug-likeness (QED) is 0.611. The molecular formula is C9H20N2. The molecule has 0 radical (unpaired) electrons. The molecule has 1 atom stereocenters. The van der Waals surface area contributed by atoms with Crippen molar-refractivity contribution in [3.05, 3.63) is 12.8 Å². The average molecular weight is 156 g/mol. The van der Waals surface area contributed by atoms with Crippen LogP contribution in [-0.2, 0) is 0 Å². The first-order valence-electron chi connectivity index (χ1n) is 4.18. The SMILES string of the molecule is C=CN(CC(C)C(C)C)NC. The van der Waals surface area contributed by atoms with Gasteiger partial charge in [-0.2, -0.15) is 0 Å². The molecule has 1 unspecified atom stereocenters. The van der Waals surface area contributed by atoms with Gasteiger partial charge < -0.3 is 5.01 Å². The van der Waals surface area contributed by atoms with Crippen molar-refractivity contribution in [1.82, 2.24) is 10.4 Å². The van der Waals surface area contributed by atoms with Crippen LogP contribution < -0.4 is 5.43 Å². The van der Waals surface area contributed by atoms with Crippen LogP contribution in [-0.4, -0.2) is 18.6 Å². The maximum absolute atomic E-state index is 3.71. The highest BCUT2D eigenvalue weighted by Gasteiger charge is 2.08. The second-order valence-corrected chi connectivity index (χ2v) is 3.28. The van der Waals surface area contributed by atoms with Crippen molar-refractivity contribution in [1.29, 1.82) is 0 Å². The highest BCUT2D eigenvalue weighted by molar-refractivity contribution is 4.69. The molecule has 0 aliphatic carbocycles. The largest absolute Gasteiger partial charge is 0.316 e. The highest BCUT2D eigenvalue weighted by Crippen LogP contribution is 2.10. The third-order valence-electron chi connectivity index (χ3n) is 2.13. The first-order chi connectivity index (χ1) is 5.11. The van der Waals surface area contributed by atoms with Gasteiger partial charge in [0.15, 0.2) is 0 Å². The number of nitrogens with one attached hydrogen (secondary N) is 1. The van der Waals surface area contributed by atoms with E-state index in [-0.39, 0.29) is 0 Å². The molecule has 11 heavy (non-hydrogen) atoms. The van der Waals surface area contributed by atoms with E-state index < -0.39 is 0 Å². The molecule has 2 nitrogen and oxygen atoms in total. The summed E-state index contributed by atoms with van der Waals surface area (Å²) in [6.45, 7) is 11.5. The Hall–Kier alpha value is -0.500. The van der Waals surface area contributed by atoms with Crippen molar-refractivity contribution in [2.24, 2.45) is 11.8 Å². The maximum Gasteiger partial charge on any atom is 0.0365 e. The van der Waals surface area contributed by atoms with Crippen LogP contribution in [0.15, 0.2) is 12.8 Å². The van der Waals surface area contributed by atoms with Gasteiger partial charge in [-0.3, -0.25) is 0 Å². The minimum absolute atomic E-state index is 0.695. The molecule has 0 aromatic rings. The van der Waals surface area contributed by atoms with E-state index in [1.54, 1.807) is 0 Å². The van der Waals surface area contributed by atoms with Crippen molar-refractivity contribution >= 4 is 0 Å². The summed E-state index contributed by atoms with van der Waals surface area (Å²) in [5, 5.41) is 2.00. The topological polar surface area (TPSA) is 15.3 Å². The average Bonchev–Trinajstić information content (AvgIpc) is 1.99. The van der Waals surface area contributed by atoms with Gasteiger partial charge in [-0.25, -0.2) is 5.43 Å². The third kappa shape index (κ3) is 4.04. The van der Waals surface area contributed by atoms with Crippen LogP contribution in [0, 0.1) is 11.8 Å². The maximum atomic E-state index is 3.71. The van der Waals surface area contributed by atoms with E-state index >= 15 is 0 Å². The Morgan fingerprint density at radius 2 is 2.00 bits per heavy atom. The van der Waals surface area contributed by atoms with Crippen molar-refractivity contribution in [3.8, 4) is 0 Å². The van der Waals surface area contributed by atoms with Crippen molar-refractivity contribution in [3.63, 3.8) is 0 Å². The normalized spacial score (nSPS) is 13.2. The van der Waals surface area contributed by atoms with E-state index in [1.807, 2.05) is 18.3 Å². The first-order valence-corrected chi connectivity index (χ1v) is 4.18. The van der Waals surface area contributed by atoms with Crippen LogP contribution in [0.25, 0.3) is 0 Å². The van der Waals surface area contributed by atoms with Crippen LogP contribution in [0.4, 0.5) is 0 Å². The van der Waals surface area contributed by atoms with Gasteiger partial charge in [0.25, 0.3) is 0 Å².